The molecule has 3 rings (SSSR count). The highest BCUT2D eigenvalue weighted by molar-refractivity contribution is 5.83. The van der Waals surface area contributed by atoms with Crippen LogP contribution in [0.1, 0.15) is 31.5 Å². The zero-order valence-corrected chi connectivity index (χ0v) is 12.8. The Morgan fingerprint density at radius 3 is 3.09 bits per heavy atom. The summed E-state index contributed by atoms with van der Waals surface area (Å²) in [4.78, 5) is 16.6. The lowest BCUT2D eigenvalue weighted by molar-refractivity contribution is -0.141. The molecule has 5 nitrogen and oxygen atoms in total. The van der Waals surface area contributed by atoms with E-state index in [2.05, 4.69) is 15.6 Å². The van der Waals surface area contributed by atoms with Crippen molar-refractivity contribution in [2.24, 2.45) is 11.3 Å². The molecule has 128 valence electrons. The van der Waals surface area contributed by atoms with E-state index in [0.29, 0.717) is 12.5 Å². The van der Waals surface area contributed by atoms with Gasteiger partial charge in [0.05, 0.1) is 12.0 Å². The van der Waals surface area contributed by atoms with E-state index in [0.717, 1.165) is 36.8 Å². The molecule has 1 aliphatic carbocycles. The number of amides is 1. The number of nitrogens with zero attached hydrogens (tertiary/aromatic N) is 2. The number of rotatable bonds is 4. The number of nitrogens with one attached hydrogen (secondary N) is 2. The monoisotopic (exact) mass is 330 g/mol. The summed E-state index contributed by atoms with van der Waals surface area (Å²) in [5.74, 6) is 0.491. The standard InChI is InChI=1S/C15H21F3N4O/c16-15(17,18)10-22-6-5-20-12(22)8-21-13(23)14-4-2-1-3-11(14)7-19-9-14/h5-6,11,19H,1-4,7-10H2,(H,21,23)/t11-,14+/m0/s1. The highest BCUT2D eigenvalue weighted by Crippen LogP contribution is 2.43. The molecule has 0 bridgehead atoms. The summed E-state index contributed by atoms with van der Waals surface area (Å²) < 4.78 is 38.6. The predicted molar refractivity (Wildman–Crippen MR) is 77.4 cm³/mol. The van der Waals surface area contributed by atoms with Crippen molar-refractivity contribution in [1.82, 2.24) is 20.2 Å². The van der Waals surface area contributed by atoms with Gasteiger partial charge in [-0.05, 0) is 25.3 Å². The highest BCUT2D eigenvalue weighted by atomic mass is 19.4. The number of alkyl halides is 3. The number of halogens is 3. The first-order chi connectivity index (χ1) is 10.9. The molecule has 0 radical (unpaired) electrons. The van der Waals surface area contributed by atoms with Gasteiger partial charge in [-0.1, -0.05) is 12.8 Å². The molecule has 8 heteroatoms. The lowest BCUT2D eigenvalue weighted by Gasteiger charge is -2.37. The molecular weight excluding hydrogens is 309 g/mol. The lowest BCUT2D eigenvalue weighted by atomic mass is 9.67. The summed E-state index contributed by atoms with van der Waals surface area (Å²) in [7, 11) is 0. The van der Waals surface area contributed by atoms with Gasteiger partial charge in [0.1, 0.15) is 12.4 Å². The van der Waals surface area contributed by atoms with Crippen LogP contribution in [0.5, 0.6) is 0 Å². The van der Waals surface area contributed by atoms with Gasteiger partial charge >= 0.3 is 6.18 Å². The van der Waals surface area contributed by atoms with Gasteiger partial charge in [0.15, 0.2) is 0 Å². The fourth-order valence-corrected chi connectivity index (χ4v) is 3.87. The van der Waals surface area contributed by atoms with Gasteiger partial charge in [-0.2, -0.15) is 13.2 Å². The van der Waals surface area contributed by atoms with Gasteiger partial charge in [-0.3, -0.25) is 4.79 Å². The Bertz CT molecular complexity index is 571. The Morgan fingerprint density at radius 1 is 1.48 bits per heavy atom. The third-order valence-corrected chi connectivity index (χ3v) is 5.05. The van der Waals surface area contributed by atoms with Crippen molar-refractivity contribution < 1.29 is 18.0 Å². The second kappa shape index (κ2) is 6.14. The molecule has 2 aliphatic rings. The first kappa shape index (κ1) is 16.3. The van der Waals surface area contributed by atoms with Gasteiger partial charge < -0.3 is 15.2 Å². The van der Waals surface area contributed by atoms with Crippen LogP contribution >= 0.6 is 0 Å². The second-order valence-electron chi connectivity index (χ2n) is 6.50. The fraction of sp³-hybridized carbons (Fsp3) is 0.733. The third-order valence-electron chi connectivity index (χ3n) is 5.05. The van der Waals surface area contributed by atoms with Crippen LogP contribution in [0.15, 0.2) is 12.4 Å². The summed E-state index contributed by atoms with van der Waals surface area (Å²) >= 11 is 0. The van der Waals surface area contributed by atoms with Crippen LogP contribution in [0.2, 0.25) is 0 Å². The van der Waals surface area contributed by atoms with Crippen LogP contribution in [0.4, 0.5) is 13.2 Å². The Hall–Kier alpha value is -1.57. The van der Waals surface area contributed by atoms with Crippen LogP contribution in [-0.2, 0) is 17.9 Å². The van der Waals surface area contributed by atoms with Crippen molar-refractivity contribution in [2.75, 3.05) is 13.1 Å². The number of aromatic nitrogens is 2. The molecule has 23 heavy (non-hydrogen) atoms. The molecule has 2 atom stereocenters. The summed E-state index contributed by atoms with van der Waals surface area (Å²) in [6.45, 7) is 0.431. The molecule has 0 spiro atoms. The largest absolute Gasteiger partial charge is 0.406 e. The van der Waals surface area contributed by atoms with E-state index in [1.54, 1.807) is 0 Å². The minimum atomic E-state index is -4.30. The quantitative estimate of drug-likeness (QED) is 0.886. The molecule has 0 aromatic carbocycles. The number of carbonyl (C=O) groups excluding carboxylic acids is 1. The Kier molecular flexibility index (Phi) is 4.35. The van der Waals surface area contributed by atoms with E-state index < -0.39 is 18.1 Å². The molecule has 2 N–H and O–H groups in total. The number of imidazole rings is 1. The van der Waals surface area contributed by atoms with Crippen LogP contribution in [0, 0.1) is 11.3 Å². The Morgan fingerprint density at radius 2 is 2.30 bits per heavy atom. The molecule has 1 aromatic heterocycles. The predicted octanol–water partition coefficient (Wildman–Crippen LogP) is 1.84. The third kappa shape index (κ3) is 3.36. The topological polar surface area (TPSA) is 59.0 Å². The smallest absolute Gasteiger partial charge is 0.348 e. The van der Waals surface area contributed by atoms with Crippen molar-refractivity contribution in [3.63, 3.8) is 0 Å². The minimum absolute atomic E-state index is 0.0242. The van der Waals surface area contributed by atoms with Crippen molar-refractivity contribution >= 4 is 5.91 Å². The molecule has 1 saturated carbocycles. The molecule has 2 fully saturated rings. The zero-order valence-electron chi connectivity index (χ0n) is 12.8. The van der Waals surface area contributed by atoms with Gasteiger partial charge in [-0.15, -0.1) is 0 Å². The van der Waals surface area contributed by atoms with Gasteiger partial charge in [0.2, 0.25) is 5.91 Å². The van der Waals surface area contributed by atoms with E-state index in [9.17, 15) is 18.0 Å². The summed E-state index contributed by atoms with van der Waals surface area (Å²) in [6, 6.07) is 0. The summed E-state index contributed by atoms with van der Waals surface area (Å²) in [5.41, 5.74) is -0.403. The van der Waals surface area contributed by atoms with Crippen molar-refractivity contribution in [1.29, 1.82) is 0 Å². The molecule has 1 aromatic rings. The van der Waals surface area contributed by atoms with Crippen molar-refractivity contribution in [2.45, 2.75) is 44.9 Å². The first-order valence-corrected chi connectivity index (χ1v) is 7.96. The number of hydrogen-bond donors (Lipinski definition) is 2. The van der Waals surface area contributed by atoms with Gasteiger partial charge in [0.25, 0.3) is 0 Å². The molecule has 1 aliphatic heterocycles. The van der Waals surface area contributed by atoms with Crippen LogP contribution in [-0.4, -0.2) is 34.7 Å². The number of fused-ring (bicyclic) bond motifs is 1. The van der Waals surface area contributed by atoms with E-state index >= 15 is 0 Å². The zero-order chi connectivity index (χ0) is 16.5. The molecule has 0 unspecified atom stereocenters. The van der Waals surface area contributed by atoms with Gasteiger partial charge in [0, 0.05) is 18.9 Å². The number of carbonyl (C=O) groups is 1. The van der Waals surface area contributed by atoms with E-state index in [1.165, 1.54) is 12.4 Å². The van der Waals surface area contributed by atoms with E-state index in [-0.39, 0.29) is 18.3 Å². The van der Waals surface area contributed by atoms with E-state index in [1.807, 2.05) is 0 Å². The maximum absolute atomic E-state index is 12.7. The normalized spacial score (nSPS) is 27.7. The van der Waals surface area contributed by atoms with E-state index in [4.69, 9.17) is 0 Å². The Balaban J connectivity index is 1.64. The SMILES string of the molecule is O=C(NCc1nccn1CC(F)(F)F)[C@@]12CCCC[C@H]1CNC2. The molecule has 1 amide bonds. The minimum Gasteiger partial charge on any atom is -0.348 e. The highest BCUT2D eigenvalue weighted by Gasteiger charge is 2.49. The average molecular weight is 330 g/mol. The number of hydrogen-bond acceptors (Lipinski definition) is 3. The van der Waals surface area contributed by atoms with Crippen LogP contribution in [0.3, 0.4) is 0 Å². The first-order valence-electron chi connectivity index (χ1n) is 7.96. The molecule has 2 heterocycles. The second-order valence-corrected chi connectivity index (χ2v) is 6.50. The maximum atomic E-state index is 12.7. The summed E-state index contributed by atoms with van der Waals surface area (Å²) in [6.07, 6.45) is 2.34. The van der Waals surface area contributed by atoms with Crippen molar-refractivity contribution in [3.8, 4) is 0 Å². The Labute approximate surface area is 132 Å². The van der Waals surface area contributed by atoms with Crippen molar-refractivity contribution in [3.05, 3.63) is 18.2 Å². The van der Waals surface area contributed by atoms with Crippen LogP contribution < -0.4 is 10.6 Å². The molecular formula is C15H21F3N4O. The van der Waals surface area contributed by atoms with Gasteiger partial charge in [-0.25, -0.2) is 4.98 Å². The molecule has 1 saturated heterocycles. The lowest BCUT2D eigenvalue weighted by Crippen LogP contribution is -2.47. The summed E-state index contributed by atoms with van der Waals surface area (Å²) in [5, 5.41) is 6.10. The average Bonchev–Trinajstić information content (AvgIpc) is 3.10. The van der Waals surface area contributed by atoms with Crippen LogP contribution in [0.25, 0.3) is 0 Å². The maximum Gasteiger partial charge on any atom is 0.406 e. The fourth-order valence-electron chi connectivity index (χ4n) is 3.87.